The van der Waals surface area contributed by atoms with Gasteiger partial charge in [-0.05, 0) is 25.7 Å². The second-order valence-electron chi connectivity index (χ2n) is 4.55. The Morgan fingerprint density at radius 3 is 2.65 bits per heavy atom. The number of nitrogens with zero attached hydrogens (tertiary/aromatic N) is 3. The van der Waals surface area contributed by atoms with Crippen molar-refractivity contribution in [2.45, 2.75) is 51.6 Å². The van der Waals surface area contributed by atoms with Crippen molar-refractivity contribution in [1.82, 2.24) is 9.78 Å². The Bertz CT molecular complexity index is 434. The summed E-state index contributed by atoms with van der Waals surface area (Å²) in [7, 11) is 0. The third kappa shape index (κ3) is 2.21. The molecule has 0 saturated heterocycles. The van der Waals surface area contributed by atoms with E-state index in [0.29, 0.717) is 23.2 Å². The van der Waals surface area contributed by atoms with Gasteiger partial charge in [-0.15, -0.1) is 0 Å². The first-order valence-electron chi connectivity index (χ1n) is 6.25. The lowest BCUT2D eigenvalue weighted by molar-refractivity contribution is 0.435. The van der Waals surface area contributed by atoms with E-state index in [1.807, 2.05) is 0 Å². The fraction of sp³-hybridized carbons (Fsp3) is 0.667. The predicted molar refractivity (Wildman–Crippen MR) is 67.6 cm³/mol. The number of nitrogens with two attached hydrogens (primary N) is 1. The minimum Gasteiger partial charge on any atom is -0.383 e. The number of hydrogen-bond donors (Lipinski definition) is 2. The van der Waals surface area contributed by atoms with E-state index in [1.54, 1.807) is 4.68 Å². The van der Waals surface area contributed by atoms with Crippen molar-refractivity contribution in [3.05, 3.63) is 5.56 Å². The van der Waals surface area contributed by atoms with Crippen LogP contribution in [-0.2, 0) is 0 Å². The van der Waals surface area contributed by atoms with Crippen molar-refractivity contribution >= 4 is 11.6 Å². The molecule has 5 heteroatoms. The minimum atomic E-state index is 0.275. The Morgan fingerprint density at radius 1 is 1.53 bits per heavy atom. The zero-order chi connectivity index (χ0) is 12.4. The van der Waals surface area contributed by atoms with Gasteiger partial charge in [-0.1, -0.05) is 13.8 Å². The van der Waals surface area contributed by atoms with Gasteiger partial charge in [0.2, 0.25) is 0 Å². The van der Waals surface area contributed by atoms with Gasteiger partial charge in [0.25, 0.3) is 0 Å². The zero-order valence-electron chi connectivity index (χ0n) is 10.4. The lowest BCUT2D eigenvalue weighted by atomic mass is 10.2. The molecule has 0 atom stereocenters. The molecule has 1 heterocycles. The molecule has 1 fully saturated rings. The number of hydrogen-bond acceptors (Lipinski definition) is 4. The Hall–Kier alpha value is -1.70. The summed E-state index contributed by atoms with van der Waals surface area (Å²) in [4.78, 5) is 0. The Labute approximate surface area is 102 Å². The molecular formula is C12H19N5. The summed E-state index contributed by atoms with van der Waals surface area (Å²) in [5.41, 5.74) is 6.49. The monoisotopic (exact) mass is 233 g/mol. The highest BCUT2D eigenvalue weighted by Crippen LogP contribution is 2.30. The van der Waals surface area contributed by atoms with Gasteiger partial charge in [0.05, 0.1) is 6.04 Å². The van der Waals surface area contributed by atoms with E-state index in [4.69, 9.17) is 11.0 Å². The average Bonchev–Trinajstić information content (AvgIpc) is 3.08. The maximum Gasteiger partial charge on any atom is 0.168 e. The van der Waals surface area contributed by atoms with Crippen LogP contribution in [0.15, 0.2) is 0 Å². The van der Waals surface area contributed by atoms with Gasteiger partial charge in [-0.3, -0.25) is 0 Å². The van der Waals surface area contributed by atoms with E-state index in [2.05, 4.69) is 30.3 Å². The predicted octanol–water partition coefficient (Wildman–Crippen LogP) is 2.27. The van der Waals surface area contributed by atoms with Gasteiger partial charge in [-0.2, -0.15) is 10.4 Å². The number of anilines is 2. The van der Waals surface area contributed by atoms with Gasteiger partial charge in [0.15, 0.2) is 5.82 Å². The molecule has 0 spiro atoms. The molecule has 0 amide bonds. The standard InChI is InChI=1S/C12H19N5/c1-3-9(4-2)17-11(14)10(7-13)12(16-17)15-8-5-6-8/h8-9H,3-6,14H2,1-2H3,(H,15,16). The first-order valence-corrected chi connectivity index (χ1v) is 6.25. The highest BCUT2D eigenvalue weighted by molar-refractivity contribution is 5.64. The highest BCUT2D eigenvalue weighted by atomic mass is 15.4. The largest absolute Gasteiger partial charge is 0.383 e. The average molecular weight is 233 g/mol. The Balaban J connectivity index is 2.33. The fourth-order valence-corrected chi connectivity index (χ4v) is 1.99. The van der Waals surface area contributed by atoms with Crippen molar-refractivity contribution < 1.29 is 0 Å². The van der Waals surface area contributed by atoms with E-state index < -0.39 is 0 Å². The maximum atomic E-state index is 9.15. The summed E-state index contributed by atoms with van der Waals surface area (Å²) in [5.74, 6) is 1.14. The summed E-state index contributed by atoms with van der Waals surface area (Å²) >= 11 is 0. The molecule has 2 rings (SSSR count). The van der Waals surface area contributed by atoms with Gasteiger partial charge in [0.1, 0.15) is 17.5 Å². The van der Waals surface area contributed by atoms with Crippen molar-refractivity contribution in [3.8, 4) is 6.07 Å². The van der Waals surface area contributed by atoms with Crippen LogP contribution >= 0.6 is 0 Å². The van der Waals surface area contributed by atoms with Crippen molar-refractivity contribution in [3.63, 3.8) is 0 Å². The molecule has 1 aliphatic rings. The van der Waals surface area contributed by atoms with Crippen molar-refractivity contribution in [2.75, 3.05) is 11.1 Å². The van der Waals surface area contributed by atoms with Gasteiger partial charge < -0.3 is 11.1 Å². The van der Waals surface area contributed by atoms with Crippen LogP contribution in [0.1, 0.15) is 51.1 Å². The summed E-state index contributed by atoms with van der Waals surface area (Å²) in [6.45, 7) is 4.21. The normalized spacial score (nSPS) is 14.9. The van der Waals surface area contributed by atoms with E-state index >= 15 is 0 Å². The topological polar surface area (TPSA) is 79.7 Å². The summed E-state index contributed by atoms with van der Waals surface area (Å²) in [6.07, 6.45) is 4.25. The third-order valence-corrected chi connectivity index (χ3v) is 3.27. The first-order chi connectivity index (χ1) is 8.21. The summed E-state index contributed by atoms with van der Waals surface area (Å²) in [6, 6.07) is 2.90. The molecule has 0 bridgehead atoms. The number of nitrogen functional groups attached to an aromatic ring is 1. The fourth-order valence-electron chi connectivity index (χ4n) is 1.99. The molecule has 1 saturated carbocycles. The molecular weight excluding hydrogens is 214 g/mol. The van der Waals surface area contributed by atoms with E-state index in [0.717, 1.165) is 25.7 Å². The van der Waals surface area contributed by atoms with Crippen LogP contribution in [0.4, 0.5) is 11.6 Å². The van der Waals surface area contributed by atoms with Crippen LogP contribution in [-0.4, -0.2) is 15.8 Å². The molecule has 1 aromatic rings. The van der Waals surface area contributed by atoms with Crippen molar-refractivity contribution in [2.24, 2.45) is 0 Å². The smallest absolute Gasteiger partial charge is 0.168 e. The van der Waals surface area contributed by atoms with Crippen LogP contribution in [0.5, 0.6) is 0 Å². The quantitative estimate of drug-likeness (QED) is 0.817. The van der Waals surface area contributed by atoms with Gasteiger partial charge >= 0.3 is 0 Å². The molecule has 0 radical (unpaired) electrons. The molecule has 0 unspecified atom stereocenters. The zero-order valence-corrected chi connectivity index (χ0v) is 10.4. The molecule has 1 aliphatic carbocycles. The first kappa shape index (κ1) is 11.8. The number of nitrogens with one attached hydrogen (secondary N) is 1. The Kier molecular flexibility index (Phi) is 3.23. The van der Waals surface area contributed by atoms with Crippen LogP contribution in [0.25, 0.3) is 0 Å². The second-order valence-corrected chi connectivity index (χ2v) is 4.55. The number of aromatic nitrogens is 2. The van der Waals surface area contributed by atoms with Crippen LogP contribution in [0.2, 0.25) is 0 Å². The van der Waals surface area contributed by atoms with Crippen LogP contribution < -0.4 is 11.1 Å². The molecule has 3 N–H and O–H groups in total. The minimum absolute atomic E-state index is 0.275. The molecule has 1 aromatic heterocycles. The Morgan fingerprint density at radius 2 is 2.18 bits per heavy atom. The maximum absolute atomic E-state index is 9.15. The molecule has 0 aliphatic heterocycles. The highest BCUT2D eigenvalue weighted by Gasteiger charge is 2.26. The van der Waals surface area contributed by atoms with Gasteiger partial charge in [0, 0.05) is 6.04 Å². The molecule has 5 nitrogen and oxygen atoms in total. The SMILES string of the molecule is CCC(CC)n1nc(NC2CC2)c(C#N)c1N. The van der Waals surface area contributed by atoms with Crippen LogP contribution in [0, 0.1) is 11.3 Å². The van der Waals surface area contributed by atoms with Gasteiger partial charge in [-0.25, -0.2) is 4.68 Å². The van der Waals surface area contributed by atoms with E-state index in [1.165, 1.54) is 0 Å². The number of rotatable bonds is 5. The summed E-state index contributed by atoms with van der Waals surface area (Å²) in [5, 5.41) is 16.9. The lowest BCUT2D eigenvalue weighted by Gasteiger charge is -2.14. The number of nitriles is 1. The molecule has 92 valence electrons. The van der Waals surface area contributed by atoms with Crippen molar-refractivity contribution in [1.29, 1.82) is 5.26 Å². The summed E-state index contributed by atoms with van der Waals surface area (Å²) < 4.78 is 1.79. The molecule has 0 aromatic carbocycles. The van der Waals surface area contributed by atoms with Crippen LogP contribution in [0.3, 0.4) is 0 Å². The molecule has 17 heavy (non-hydrogen) atoms. The lowest BCUT2D eigenvalue weighted by Crippen LogP contribution is -2.12. The second kappa shape index (κ2) is 4.66. The third-order valence-electron chi connectivity index (χ3n) is 3.27. The van der Waals surface area contributed by atoms with E-state index in [-0.39, 0.29) is 6.04 Å². The van der Waals surface area contributed by atoms with E-state index in [9.17, 15) is 0 Å².